The van der Waals surface area contributed by atoms with E-state index in [9.17, 15) is 0 Å². The fourth-order valence-electron chi connectivity index (χ4n) is 1.88. The molecule has 0 bridgehead atoms. The van der Waals surface area contributed by atoms with E-state index >= 15 is 0 Å². The maximum atomic E-state index is 3.20. The maximum absolute atomic E-state index is 3.20. The third-order valence-corrected chi connectivity index (χ3v) is 3.10. The van der Waals surface area contributed by atoms with Gasteiger partial charge >= 0.3 is 0 Å². The van der Waals surface area contributed by atoms with Gasteiger partial charge in [-0.25, -0.2) is 5.01 Å². The number of nitrogens with one attached hydrogen (secondary N) is 1. The van der Waals surface area contributed by atoms with Crippen LogP contribution in [0.25, 0.3) is 0 Å². The first-order valence-corrected chi connectivity index (χ1v) is 4.27. The van der Waals surface area contributed by atoms with Crippen molar-refractivity contribution < 1.29 is 0 Å². The Balaban J connectivity index is 1.84. The van der Waals surface area contributed by atoms with Crippen LogP contribution in [0, 0.1) is 5.41 Å². The highest BCUT2D eigenvalue weighted by Gasteiger charge is 2.44. The second-order valence-corrected chi connectivity index (χ2v) is 3.71. The Hall–Kier alpha value is -0.0800. The van der Waals surface area contributed by atoms with Crippen LogP contribution >= 0.6 is 0 Å². The molecule has 2 aliphatic rings. The number of hydrogen-bond acceptors (Lipinski definition) is 2. The quantitative estimate of drug-likeness (QED) is 0.584. The summed E-state index contributed by atoms with van der Waals surface area (Å²) in [6.45, 7) is 2.52. The molecule has 0 aromatic carbocycles. The van der Waals surface area contributed by atoms with Crippen LogP contribution in [0.15, 0.2) is 0 Å². The molecule has 1 saturated carbocycles. The number of nitrogens with zero attached hydrogens (tertiary/aromatic N) is 1. The molecule has 0 aromatic rings. The Morgan fingerprint density at radius 1 is 1.10 bits per heavy atom. The van der Waals surface area contributed by atoms with Gasteiger partial charge in [-0.2, -0.15) is 0 Å². The van der Waals surface area contributed by atoms with Gasteiger partial charge in [0.25, 0.3) is 0 Å². The van der Waals surface area contributed by atoms with Crippen LogP contribution in [0.1, 0.15) is 25.7 Å². The van der Waals surface area contributed by atoms with Crippen LogP contribution in [0.5, 0.6) is 0 Å². The summed E-state index contributed by atoms with van der Waals surface area (Å²) in [5.41, 5.74) is 4.03. The molecule has 2 fully saturated rings. The van der Waals surface area contributed by atoms with E-state index in [4.69, 9.17) is 0 Å². The van der Waals surface area contributed by atoms with Crippen molar-refractivity contribution in [2.45, 2.75) is 25.7 Å². The van der Waals surface area contributed by atoms with Crippen molar-refractivity contribution in [2.24, 2.45) is 5.41 Å². The monoisotopic (exact) mass is 140 g/mol. The summed E-state index contributed by atoms with van der Waals surface area (Å²) in [5, 5.41) is 2.32. The van der Waals surface area contributed by atoms with E-state index in [-0.39, 0.29) is 0 Å². The highest BCUT2D eigenvalue weighted by molar-refractivity contribution is 4.96. The first-order valence-electron chi connectivity index (χ1n) is 4.27. The highest BCUT2D eigenvalue weighted by atomic mass is 15.5. The smallest absolute Gasteiger partial charge is 0.0136 e. The fourth-order valence-corrected chi connectivity index (χ4v) is 1.88. The number of hydrogen-bond donors (Lipinski definition) is 1. The minimum Gasteiger partial charge on any atom is -0.258 e. The first kappa shape index (κ1) is 6.62. The molecule has 0 amide bonds. The Labute approximate surface area is 62.6 Å². The van der Waals surface area contributed by atoms with Gasteiger partial charge in [0.2, 0.25) is 0 Å². The van der Waals surface area contributed by atoms with Gasteiger partial charge in [-0.1, -0.05) is 0 Å². The zero-order chi connectivity index (χ0) is 7.03. The van der Waals surface area contributed by atoms with E-state index in [1.165, 1.54) is 38.8 Å². The summed E-state index contributed by atoms with van der Waals surface area (Å²) < 4.78 is 0. The van der Waals surface area contributed by atoms with Gasteiger partial charge in [-0.15, -0.1) is 0 Å². The predicted octanol–water partition coefficient (Wildman–Crippen LogP) is 0.997. The number of rotatable bonds is 1. The van der Waals surface area contributed by atoms with Gasteiger partial charge < -0.3 is 0 Å². The topological polar surface area (TPSA) is 15.3 Å². The lowest BCUT2D eigenvalue weighted by Crippen LogP contribution is -2.42. The van der Waals surface area contributed by atoms with Crippen molar-refractivity contribution in [1.82, 2.24) is 10.4 Å². The van der Waals surface area contributed by atoms with Crippen LogP contribution in [-0.2, 0) is 0 Å². The molecule has 0 unspecified atom stereocenters. The molecule has 58 valence electrons. The van der Waals surface area contributed by atoms with Crippen molar-refractivity contribution >= 4 is 0 Å². The number of piperidine rings is 1. The standard InChI is InChI=1S/C8H16N2/c1-9-10-6-4-8(2-3-8)5-7-10/h9H,2-7H2,1H3. The molecule has 1 aliphatic carbocycles. The molecular formula is C8H16N2. The molecule has 0 aromatic heterocycles. The first-order chi connectivity index (χ1) is 4.85. The Morgan fingerprint density at radius 3 is 2.10 bits per heavy atom. The minimum absolute atomic E-state index is 0.827. The second-order valence-electron chi connectivity index (χ2n) is 3.71. The van der Waals surface area contributed by atoms with E-state index in [1.54, 1.807) is 0 Å². The van der Waals surface area contributed by atoms with Gasteiger partial charge in [0.05, 0.1) is 0 Å². The van der Waals surface area contributed by atoms with Crippen LogP contribution in [0.4, 0.5) is 0 Å². The summed E-state index contributed by atoms with van der Waals surface area (Å²) in [4.78, 5) is 0. The summed E-state index contributed by atoms with van der Waals surface area (Å²) in [6, 6.07) is 0. The summed E-state index contributed by atoms with van der Waals surface area (Å²) in [6.07, 6.45) is 5.86. The van der Waals surface area contributed by atoms with Crippen LogP contribution in [-0.4, -0.2) is 25.1 Å². The van der Waals surface area contributed by atoms with Gasteiger partial charge in [0.1, 0.15) is 0 Å². The molecule has 1 saturated heterocycles. The van der Waals surface area contributed by atoms with Crippen LogP contribution in [0.3, 0.4) is 0 Å². The van der Waals surface area contributed by atoms with Crippen molar-refractivity contribution in [1.29, 1.82) is 0 Å². The van der Waals surface area contributed by atoms with E-state index < -0.39 is 0 Å². The average molecular weight is 140 g/mol. The lowest BCUT2D eigenvalue weighted by Gasteiger charge is -2.30. The highest BCUT2D eigenvalue weighted by Crippen LogP contribution is 2.53. The van der Waals surface area contributed by atoms with E-state index in [0.29, 0.717) is 0 Å². The molecule has 1 N–H and O–H groups in total. The average Bonchev–Trinajstić information content (AvgIpc) is 2.72. The fraction of sp³-hybridized carbons (Fsp3) is 1.00. The van der Waals surface area contributed by atoms with E-state index in [1.807, 2.05) is 7.05 Å². The molecule has 0 atom stereocenters. The van der Waals surface area contributed by atoms with Crippen molar-refractivity contribution in [2.75, 3.05) is 20.1 Å². The van der Waals surface area contributed by atoms with Crippen LogP contribution in [0.2, 0.25) is 0 Å². The zero-order valence-corrected chi connectivity index (χ0v) is 6.69. The molecule has 1 spiro atoms. The van der Waals surface area contributed by atoms with E-state index in [2.05, 4.69) is 10.4 Å². The molecule has 2 heteroatoms. The second kappa shape index (κ2) is 2.21. The molecule has 0 radical (unpaired) electrons. The zero-order valence-electron chi connectivity index (χ0n) is 6.69. The van der Waals surface area contributed by atoms with Crippen molar-refractivity contribution in [3.63, 3.8) is 0 Å². The van der Waals surface area contributed by atoms with Gasteiger partial charge in [-0.3, -0.25) is 5.43 Å². The summed E-state index contributed by atoms with van der Waals surface area (Å²) >= 11 is 0. The van der Waals surface area contributed by atoms with Gasteiger partial charge in [0, 0.05) is 13.1 Å². The Morgan fingerprint density at radius 2 is 1.70 bits per heavy atom. The largest absolute Gasteiger partial charge is 0.258 e. The molecule has 1 heterocycles. The lowest BCUT2D eigenvalue weighted by molar-refractivity contribution is 0.128. The van der Waals surface area contributed by atoms with Gasteiger partial charge in [0.15, 0.2) is 0 Å². The van der Waals surface area contributed by atoms with Gasteiger partial charge in [-0.05, 0) is 38.1 Å². The maximum Gasteiger partial charge on any atom is 0.0136 e. The number of hydrazine groups is 1. The third-order valence-electron chi connectivity index (χ3n) is 3.10. The third kappa shape index (κ3) is 1.06. The van der Waals surface area contributed by atoms with E-state index in [0.717, 1.165) is 5.41 Å². The Bertz CT molecular complexity index is 119. The lowest BCUT2D eigenvalue weighted by atomic mass is 9.95. The van der Waals surface area contributed by atoms with Crippen molar-refractivity contribution in [3.8, 4) is 0 Å². The summed E-state index contributed by atoms with van der Waals surface area (Å²) in [7, 11) is 2.02. The predicted molar refractivity (Wildman–Crippen MR) is 41.5 cm³/mol. The molecule has 1 aliphatic heterocycles. The molecule has 2 rings (SSSR count). The summed E-state index contributed by atoms with van der Waals surface area (Å²) in [5.74, 6) is 0. The molecule has 10 heavy (non-hydrogen) atoms. The SMILES string of the molecule is CNN1CCC2(CC1)CC2. The van der Waals surface area contributed by atoms with Crippen molar-refractivity contribution in [3.05, 3.63) is 0 Å². The minimum atomic E-state index is 0.827. The Kier molecular flexibility index (Phi) is 1.46. The normalized spacial score (nSPS) is 30.9. The molecule has 2 nitrogen and oxygen atoms in total. The van der Waals surface area contributed by atoms with Crippen LogP contribution < -0.4 is 5.43 Å². The molecular weight excluding hydrogens is 124 g/mol.